The second-order valence-corrected chi connectivity index (χ2v) is 9.11. The van der Waals surface area contributed by atoms with Crippen molar-refractivity contribution in [2.24, 2.45) is 0 Å². The van der Waals surface area contributed by atoms with E-state index in [0.717, 1.165) is 25.9 Å². The molecular formula is C16H25NO3S. The van der Waals surface area contributed by atoms with Crippen LogP contribution in [0.3, 0.4) is 0 Å². The van der Waals surface area contributed by atoms with Crippen LogP contribution in [0.25, 0.3) is 0 Å². The molecule has 1 heterocycles. The number of nitrogens with one attached hydrogen (secondary N) is 1. The summed E-state index contributed by atoms with van der Waals surface area (Å²) in [5.74, 6) is 0. The minimum Gasteiger partial charge on any atom is -0.373 e. The first-order chi connectivity index (χ1) is 9.78. The van der Waals surface area contributed by atoms with E-state index in [2.05, 4.69) is 16.9 Å². The summed E-state index contributed by atoms with van der Waals surface area (Å²) >= 11 is 0. The van der Waals surface area contributed by atoms with Crippen LogP contribution in [-0.2, 0) is 21.2 Å². The van der Waals surface area contributed by atoms with Crippen LogP contribution >= 0.6 is 0 Å². The van der Waals surface area contributed by atoms with Crippen molar-refractivity contribution in [3.8, 4) is 0 Å². The van der Waals surface area contributed by atoms with Crippen molar-refractivity contribution in [1.82, 2.24) is 4.72 Å². The van der Waals surface area contributed by atoms with Gasteiger partial charge in [-0.15, -0.1) is 0 Å². The molecule has 0 saturated carbocycles. The van der Waals surface area contributed by atoms with E-state index >= 15 is 0 Å². The Kier molecular flexibility index (Phi) is 5.07. The van der Waals surface area contributed by atoms with Gasteiger partial charge in [0.2, 0.25) is 10.0 Å². The number of hydrogen-bond donors (Lipinski definition) is 1. The van der Waals surface area contributed by atoms with Crippen LogP contribution in [0.4, 0.5) is 0 Å². The Hall–Kier alpha value is -0.910. The van der Waals surface area contributed by atoms with Crippen LogP contribution in [-0.4, -0.2) is 31.9 Å². The highest BCUT2D eigenvalue weighted by atomic mass is 32.2. The summed E-state index contributed by atoms with van der Waals surface area (Å²) in [6.45, 7) is 5.91. The van der Waals surface area contributed by atoms with Crippen LogP contribution in [0.5, 0.6) is 0 Å². The lowest BCUT2D eigenvalue weighted by Gasteiger charge is -2.25. The third-order valence-corrected chi connectivity index (χ3v) is 5.96. The van der Waals surface area contributed by atoms with Crippen LogP contribution in [0, 0.1) is 0 Å². The van der Waals surface area contributed by atoms with E-state index in [0.29, 0.717) is 0 Å². The SMILES string of the molecule is CC(C)(C)S(=O)(=O)N[C@@H](CCc1ccccc1)C[C@H]1CO1. The summed E-state index contributed by atoms with van der Waals surface area (Å²) in [6.07, 6.45) is 2.63. The molecule has 0 unspecified atom stereocenters. The Morgan fingerprint density at radius 1 is 1.29 bits per heavy atom. The van der Waals surface area contributed by atoms with Crippen molar-refractivity contribution in [3.05, 3.63) is 35.9 Å². The van der Waals surface area contributed by atoms with Crippen molar-refractivity contribution in [2.75, 3.05) is 6.61 Å². The third-order valence-electron chi connectivity index (χ3n) is 3.70. The zero-order valence-electron chi connectivity index (χ0n) is 13.0. The Balaban J connectivity index is 1.97. The van der Waals surface area contributed by atoms with E-state index in [9.17, 15) is 8.42 Å². The van der Waals surface area contributed by atoms with Gasteiger partial charge in [0, 0.05) is 6.04 Å². The normalized spacial score (nSPS) is 20.2. The Morgan fingerprint density at radius 2 is 1.90 bits per heavy atom. The molecule has 0 radical (unpaired) electrons. The van der Waals surface area contributed by atoms with Gasteiger partial charge in [0.15, 0.2) is 0 Å². The summed E-state index contributed by atoms with van der Waals surface area (Å²) < 4.78 is 32.0. The van der Waals surface area contributed by atoms with Gasteiger partial charge in [-0.25, -0.2) is 13.1 Å². The topological polar surface area (TPSA) is 58.7 Å². The van der Waals surface area contributed by atoms with E-state index < -0.39 is 14.8 Å². The average molecular weight is 311 g/mol. The van der Waals surface area contributed by atoms with Crippen LogP contribution < -0.4 is 4.72 Å². The molecule has 1 aliphatic rings. The van der Waals surface area contributed by atoms with Crippen molar-refractivity contribution >= 4 is 10.0 Å². The van der Waals surface area contributed by atoms with Crippen molar-refractivity contribution in [1.29, 1.82) is 0 Å². The molecule has 0 spiro atoms. The Morgan fingerprint density at radius 3 is 2.43 bits per heavy atom. The summed E-state index contributed by atoms with van der Waals surface area (Å²) in [5.41, 5.74) is 1.23. The highest BCUT2D eigenvalue weighted by Gasteiger charge is 2.34. The zero-order chi connectivity index (χ0) is 15.5. The fraction of sp³-hybridized carbons (Fsp3) is 0.625. The molecule has 0 bridgehead atoms. The molecule has 4 nitrogen and oxygen atoms in total. The second-order valence-electron chi connectivity index (χ2n) is 6.65. The minimum atomic E-state index is -3.32. The molecule has 2 atom stereocenters. The average Bonchev–Trinajstić information content (AvgIpc) is 3.19. The molecule has 2 rings (SSSR count). The molecule has 5 heteroatoms. The standard InChI is InChI=1S/C16H25NO3S/c1-16(2,3)21(18,19)17-14(11-15-12-20-15)10-9-13-7-5-4-6-8-13/h4-8,14-15,17H,9-12H2,1-3H3/t14-,15-/m0/s1. The molecule has 1 aromatic carbocycles. The van der Waals surface area contributed by atoms with E-state index in [1.807, 2.05) is 18.2 Å². The highest BCUT2D eigenvalue weighted by molar-refractivity contribution is 7.90. The largest absolute Gasteiger partial charge is 0.373 e. The molecule has 21 heavy (non-hydrogen) atoms. The lowest BCUT2D eigenvalue weighted by atomic mass is 10.0. The van der Waals surface area contributed by atoms with E-state index in [1.54, 1.807) is 20.8 Å². The van der Waals surface area contributed by atoms with Crippen LogP contribution in [0.2, 0.25) is 0 Å². The molecule has 1 aromatic rings. The molecule has 1 saturated heterocycles. The maximum absolute atomic E-state index is 12.3. The lowest BCUT2D eigenvalue weighted by Crippen LogP contribution is -2.45. The monoisotopic (exact) mass is 311 g/mol. The third kappa shape index (κ3) is 5.09. The smallest absolute Gasteiger partial charge is 0.216 e. The lowest BCUT2D eigenvalue weighted by molar-refractivity contribution is 0.365. The molecule has 1 aliphatic heterocycles. The van der Waals surface area contributed by atoms with Gasteiger partial charge in [0.1, 0.15) is 0 Å². The predicted octanol–water partition coefficient (Wildman–Crippen LogP) is 2.49. The molecule has 118 valence electrons. The van der Waals surface area contributed by atoms with Crippen molar-refractivity contribution < 1.29 is 13.2 Å². The quantitative estimate of drug-likeness (QED) is 0.787. The van der Waals surface area contributed by atoms with Gasteiger partial charge in [-0.2, -0.15) is 0 Å². The zero-order valence-corrected chi connectivity index (χ0v) is 13.8. The van der Waals surface area contributed by atoms with Gasteiger partial charge in [-0.1, -0.05) is 30.3 Å². The van der Waals surface area contributed by atoms with Gasteiger partial charge in [0.25, 0.3) is 0 Å². The molecular weight excluding hydrogens is 286 g/mol. The van der Waals surface area contributed by atoms with Gasteiger partial charge in [0.05, 0.1) is 17.5 Å². The van der Waals surface area contributed by atoms with Crippen LogP contribution in [0.1, 0.15) is 39.2 Å². The number of epoxide rings is 1. The second kappa shape index (κ2) is 6.46. The Labute approximate surface area is 127 Å². The van der Waals surface area contributed by atoms with E-state index in [4.69, 9.17) is 4.74 Å². The summed E-state index contributed by atoms with van der Waals surface area (Å²) in [5, 5.41) is 0. The highest BCUT2D eigenvalue weighted by Crippen LogP contribution is 2.21. The maximum atomic E-state index is 12.3. The van der Waals surface area contributed by atoms with Crippen molar-refractivity contribution in [2.45, 2.75) is 56.9 Å². The van der Waals surface area contributed by atoms with Crippen LogP contribution in [0.15, 0.2) is 30.3 Å². The number of sulfonamides is 1. The summed E-state index contributed by atoms with van der Waals surface area (Å²) in [4.78, 5) is 0. The first-order valence-electron chi connectivity index (χ1n) is 7.45. The number of benzene rings is 1. The minimum absolute atomic E-state index is 0.0677. The molecule has 1 fully saturated rings. The van der Waals surface area contributed by atoms with Gasteiger partial charge >= 0.3 is 0 Å². The predicted molar refractivity (Wildman–Crippen MR) is 84.7 cm³/mol. The number of hydrogen-bond acceptors (Lipinski definition) is 3. The summed E-state index contributed by atoms with van der Waals surface area (Å²) in [6, 6.07) is 10.1. The van der Waals surface area contributed by atoms with Crippen molar-refractivity contribution in [3.63, 3.8) is 0 Å². The fourth-order valence-corrected chi connectivity index (χ4v) is 3.13. The number of aryl methyl sites for hydroxylation is 1. The maximum Gasteiger partial charge on any atom is 0.216 e. The van der Waals surface area contributed by atoms with Gasteiger partial charge in [-0.3, -0.25) is 0 Å². The molecule has 0 aromatic heterocycles. The summed E-state index contributed by atoms with van der Waals surface area (Å²) in [7, 11) is -3.32. The van der Waals surface area contributed by atoms with E-state index in [-0.39, 0.29) is 12.1 Å². The number of ether oxygens (including phenoxy) is 1. The molecule has 0 aliphatic carbocycles. The molecule has 0 amide bonds. The first kappa shape index (κ1) is 16.5. The number of rotatable bonds is 7. The van der Waals surface area contributed by atoms with Gasteiger partial charge in [-0.05, 0) is 45.6 Å². The first-order valence-corrected chi connectivity index (χ1v) is 8.94. The van der Waals surface area contributed by atoms with Gasteiger partial charge < -0.3 is 4.74 Å². The van der Waals surface area contributed by atoms with E-state index in [1.165, 1.54) is 5.56 Å². The molecule has 1 N–H and O–H groups in total. The Bertz CT molecular complexity index is 545. The fourth-order valence-electron chi connectivity index (χ4n) is 2.13.